The first-order valence-corrected chi connectivity index (χ1v) is 7.34. The Bertz CT molecular complexity index is 282. The fourth-order valence-electron chi connectivity index (χ4n) is 3.32. The van der Waals surface area contributed by atoms with E-state index in [9.17, 15) is 9.90 Å². The molecule has 18 heavy (non-hydrogen) atoms. The van der Waals surface area contributed by atoms with Crippen LogP contribution < -0.4 is 0 Å². The smallest absolute Gasteiger partial charge is 0.323 e. The normalized spacial score (nSPS) is 34.2. The molecule has 4 nitrogen and oxygen atoms in total. The predicted molar refractivity (Wildman–Crippen MR) is 69.2 cm³/mol. The van der Waals surface area contributed by atoms with Gasteiger partial charge in [0.25, 0.3) is 0 Å². The fourth-order valence-corrected chi connectivity index (χ4v) is 3.32. The van der Waals surface area contributed by atoms with Crippen molar-refractivity contribution in [2.45, 2.75) is 70.1 Å². The number of likely N-dealkylation sites (tertiary alicyclic amines) is 1. The Morgan fingerprint density at radius 1 is 1.22 bits per heavy atom. The average molecular weight is 255 g/mol. The standard InChI is InChI=1S/C14H25NO3/c1-2-18-14(17)12-8-5-6-10-15(12)11-7-3-4-9-13(11)16/h11-13,16H,2-10H2,1H3/t11-,12?,13-/m0/s1. The highest BCUT2D eigenvalue weighted by Crippen LogP contribution is 2.29. The van der Waals surface area contributed by atoms with Gasteiger partial charge in [-0.3, -0.25) is 9.69 Å². The number of rotatable bonds is 3. The zero-order valence-corrected chi connectivity index (χ0v) is 11.3. The minimum absolute atomic E-state index is 0.102. The SMILES string of the molecule is CCOC(=O)C1CCCCN1[C@H]1CCCC[C@@H]1O. The highest BCUT2D eigenvalue weighted by Gasteiger charge is 2.38. The minimum atomic E-state index is -0.270. The summed E-state index contributed by atoms with van der Waals surface area (Å²) in [5, 5.41) is 10.2. The molecule has 0 radical (unpaired) electrons. The molecule has 0 amide bonds. The Kier molecular flexibility index (Phi) is 5.01. The van der Waals surface area contributed by atoms with Crippen LogP contribution >= 0.6 is 0 Å². The van der Waals surface area contributed by atoms with Crippen LogP contribution in [0, 0.1) is 0 Å². The third-order valence-electron chi connectivity index (χ3n) is 4.22. The Morgan fingerprint density at radius 3 is 2.67 bits per heavy atom. The van der Waals surface area contributed by atoms with Gasteiger partial charge in [0, 0.05) is 6.04 Å². The number of hydrogen-bond acceptors (Lipinski definition) is 4. The van der Waals surface area contributed by atoms with E-state index in [0.717, 1.165) is 51.5 Å². The fraction of sp³-hybridized carbons (Fsp3) is 0.929. The molecule has 0 spiro atoms. The molecule has 0 aromatic carbocycles. The summed E-state index contributed by atoms with van der Waals surface area (Å²) >= 11 is 0. The number of carbonyl (C=O) groups is 1. The van der Waals surface area contributed by atoms with Gasteiger partial charge in [-0.1, -0.05) is 19.3 Å². The van der Waals surface area contributed by atoms with Gasteiger partial charge in [-0.05, 0) is 39.2 Å². The molecule has 0 aromatic heterocycles. The average Bonchev–Trinajstić information content (AvgIpc) is 2.40. The van der Waals surface area contributed by atoms with E-state index in [2.05, 4.69) is 4.90 Å². The van der Waals surface area contributed by atoms with Gasteiger partial charge in [0.2, 0.25) is 0 Å². The molecule has 1 unspecified atom stereocenters. The first-order chi connectivity index (χ1) is 8.74. The molecule has 1 aliphatic carbocycles. The van der Waals surface area contributed by atoms with Crippen molar-refractivity contribution in [1.82, 2.24) is 4.90 Å². The number of aliphatic hydroxyl groups excluding tert-OH is 1. The molecule has 3 atom stereocenters. The maximum atomic E-state index is 12.0. The molecule has 0 bridgehead atoms. The summed E-state index contributed by atoms with van der Waals surface area (Å²) < 4.78 is 5.18. The van der Waals surface area contributed by atoms with E-state index in [1.165, 1.54) is 0 Å². The first-order valence-electron chi connectivity index (χ1n) is 7.34. The lowest BCUT2D eigenvalue weighted by Gasteiger charge is -2.43. The Balaban J connectivity index is 2.04. The van der Waals surface area contributed by atoms with Crippen LogP contribution in [0.2, 0.25) is 0 Å². The summed E-state index contributed by atoms with van der Waals surface area (Å²) in [4.78, 5) is 14.2. The van der Waals surface area contributed by atoms with E-state index in [1.807, 2.05) is 6.92 Å². The number of piperidine rings is 1. The minimum Gasteiger partial charge on any atom is -0.465 e. The molecule has 2 rings (SSSR count). The zero-order valence-electron chi connectivity index (χ0n) is 11.3. The molecule has 1 aliphatic heterocycles. The maximum Gasteiger partial charge on any atom is 0.323 e. The summed E-state index contributed by atoms with van der Waals surface area (Å²) in [7, 11) is 0. The molecular weight excluding hydrogens is 230 g/mol. The van der Waals surface area contributed by atoms with E-state index in [4.69, 9.17) is 4.74 Å². The van der Waals surface area contributed by atoms with E-state index < -0.39 is 0 Å². The van der Waals surface area contributed by atoms with Crippen LogP contribution in [0.4, 0.5) is 0 Å². The van der Waals surface area contributed by atoms with Crippen LogP contribution in [0.3, 0.4) is 0 Å². The van der Waals surface area contributed by atoms with Crippen LogP contribution in [0.1, 0.15) is 51.9 Å². The summed E-state index contributed by atoms with van der Waals surface area (Å²) in [6, 6.07) is 0.0323. The van der Waals surface area contributed by atoms with Crippen LogP contribution in [-0.4, -0.2) is 47.3 Å². The van der Waals surface area contributed by atoms with Gasteiger partial charge < -0.3 is 9.84 Å². The van der Waals surface area contributed by atoms with E-state index in [1.54, 1.807) is 0 Å². The van der Waals surface area contributed by atoms with Crippen molar-refractivity contribution in [3.05, 3.63) is 0 Å². The quantitative estimate of drug-likeness (QED) is 0.780. The van der Waals surface area contributed by atoms with Gasteiger partial charge in [-0.15, -0.1) is 0 Å². The van der Waals surface area contributed by atoms with Crippen molar-refractivity contribution in [1.29, 1.82) is 0 Å². The van der Waals surface area contributed by atoms with Gasteiger partial charge in [-0.25, -0.2) is 0 Å². The summed E-state index contributed by atoms with van der Waals surface area (Å²) in [5.74, 6) is -0.102. The number of esters is 1. The molecule has 2 fully saturated rings. The third-order valence-corrected chi connectivity index (χ3v) is 4.22. The Labute approximate surface area is 109 Å². The largest absolute Gasteiger partial charge is 0.465 e. The first kappa shape index (κ1) is 13.8. The van der Waals surface area contributed by atoms with Crippen molar-refractivity contribution >= 4 is 5.97 Å². The van der Waals surface area contributed by atoms with Gasteiger partial charge in [0.15, 0.2) is 0 Å². The van der Waals surface area contributed by atoms with Crippen molar-refractivity contribution in [3.63, 3.8) is 0 Å². The Morgan fingerprint density at radius 2 is 1.94 bits per heavy atom. The van der Waals surface area contributed by atoms with Crippen LogP contribution in [0.5, 0.6) is 0 Å². The number of ether oxygens (including phenoxy) is 1. The second-order valence-corrected chi connectivity index (χ2v) is 5.42. The van der Waals surface area contributed by atoms with Gasteiger partial charge in [0.1, 0.15) is 6.04 Å². The highest BCUT2D eigenvalue weighted by molar-refractivity contribution is 5.76. The Hall–Kier alpha value is -0.610. The lowest BCUT2D eigenvalue weighted by molar-refractivity contribution is -0.154. The number of carbonyl (C=O) groups excluding carboxylic acids is 1. The molecule has 1 saturated heterocycles. The van der Waals surface area contributed by atoms with Gasteiger partial charge >= 0.3 is 5.97 Å². The second kappa shape index (κ2) is 6.53. The van der Waals surface area contributed by atoms with Crippen molar-refractivity contribution in [3.8, 4) is 0 Å². The molecule has 104 valence electrons. The lowest BCUT2D eigenvalue weighted by atomic mass is 9.88. The maximum absolute atomic E-state index is 12.0. The molecule has 1 saturated carbocycles. The lowest BCUT2D eigenvalue weighted by Crippen LogP contribution is -2.55. The molecule has 1 N–H and O–H groups in total. The summed E-state index contributed by atoms with van der Waals surface area (Å²) in [5.41, 5.74) is 0. The van der Waals surface area contributed by atoms with Gasteiger partial charge in [-0.2, -0.15) is 0 Å². The zero-order chi connectivity index (χ0) is 13.0. The van der Waals surface area contributed by atoms with Crippen molar-refractivity contribution in [2.24, 2.45) is 0 Å². The molecule has 2 aliphatic rings. The van der Waals surface area contributed by atoms with E-state index in [-0.39, 0.29) is 24.2 Å². The van der Waals surface area contributed by atoms with Crippen LogP contribution in [0.25, 0.3) is 0 Å². The number of aliphatic hydroxyl groups is 1. The van der Waals surface area contributed by atoms with E-state index in [0.29, 0.717) is 6.61 Å². The third kappa shape index (κ3) is 3.04. The predicted octanol–water partition coefficient (Wildman–Crippen LogP) is 1.71. The van der Waals surface area contributed by atoms with Crippen molar-refractivity contribution in [2.75, 3.05) is 13.2 Å². The molecule has 1 heterocycles. The topological polar surface area (TPSA) is 49.8 Å². The summed E-state index contributed by atoms with van der Waals surface area (Å²) in [6.45, 7) is 3.21. The van der Waals surface area contributed by atoms with Crippen molar-refractivity contribution < 1.29 is 14.6 Å². The summed E-state index contributed by atoms with van der Waals surface area (Å²) in [6.07, 6.45) is 6.97. The number of hydrogen-bond donors (Lipinski definition) is 1. The monoisotopic (exact) mass is 255 g/mol. The molecular formula is C14H25NO3. The number of nitrogens with zero attached hydrogens (tertiary/aromatic N) is 1. The molecule has 4 heteroatoms. The highest BCUT2D eigenvalue weighted by atomic mass is 16.5. The van der Waals surface area contributed by atoms with Crippen LogP contribution in [-0.2, 0) is 9.53 Å². The van der Waals surface area contributed by atoms with Gasteiger partial charge in [0.05, 0.1) is 12.7 Å². The van der Waals surface area contributed by atoms with Crippen LogP contribution in [0.15, 0.2) is 0 Å². The molecule has 0 aromatic rings. The van der Waals surface area contributed by atoms with E-state index >= 15 is 0 Å². The second-order valence-electron chi connectivity index (χ2n) is 5.42.